The van der Waals surface area contributed by atoms with Crippen molar-refractivity contribution < 1.29 is 9.47 Å². The highest BCUT2D eigenvalue weighted by atomic mass is 16.5. The lowest BCUT2D eigenvalue weighted by molar-refractivity contribution is 0.0257. The number of likely N-dealkylation sites (tertiary alicyclic amines) is 1. The third-order valence-corrected chi connectivity index (χ3v) is 5.15. The largest absolute Gasteiger partial charge is 0.492 e. The Morgan fingerprint density at radius 2 is 2.00 bits per heavy atom. The molecule has 0 spiro atoms. The van der Waals surface area contributed by atoms with Crippen LogP contribution < -0.4 is 4.74 Å². The van der Waals surface area contributed by atoms with E-state index in [1.165, 1.54) is 22.8 Å². The first-order valence-electron chi connectivity index (χ1n) is 8.72. The predicted octanol–water partition coefficient (Wildman–Crippen LogP) is 3.82. The zero-order valence-corrected chi connectivity index (χ0v) is 14.0. The normalized spacial score (nSPS) is 24.0. The van der Waals surface area contributed by atoms with Gasteiger partial charge < -0.3 is 9.47 Å². The Kier molecular flexibility index (Phi) is 4.00. The van der Waals surface area contributed by atoms with Crippen LogP contribution in [0.1, 0.15) is 31.7 Å². The molecule has 2 aliphatic rings. The number of morpholine rings is 1. The minimum Gasteiger partial charge on any atom is -0.492 e. The van der Waals surface area contributed by atoms with Crippen LogP contribution in [0.5, 0.6) is 5.75 Å². The van der Waals surface area contributed by atoms with Gasteiger partial charge in [0.1, 0.15) is 12.4 Å². The summed E-state index contributed by atoms with van der Waals surface area (Å²) >= 11 is 0. The van der Waals surface area contributed by atoms with E-state index in [0.29, 0.717) is 18.1 Å². The molecular weight excluding hydrogens is 286 g/mol. The highest BCUT2D eigenvalue weighted by Crippen LogP contribution is 2.32. The van der Waals surface area contributed by atoms with E-state index in [-0.39, 0.29) is 0 Å². The quantitative estimate of drug-likeness (QED) is 0.838. The molecule has 0 unspecified atom stereocenters. The molecule has 0 radical (unpaired) electrons. The number of rotatable bonds is 5. The third kappa shape index (κ3) is 2.96. The van der Waals surface area contributed by atoms with Gasteiger partial charge in [0.05, 0.1) is 12.7 Å². The second kappa shape index (κ2) is 6.14. The Morgan fingerprint density at radius 3 is 2.65 bits per heavy atom. The summed E-state index contributed by atoms with van der Waals surface area (Å²) in [5.74, 6) is 1.50. The van der Waals surface area contributed by atoms with Crippen LogP contribution in [0.25, 0.3) is 10.8 Å². The lowest BCUT2D eigenvalue weighted by Gasteiger charge is -2.26. The molecule has 2 atom stereocenters. The number of nitrogens with zero attached hydrogens (tertiary/aromatic N) is 1. The molecule has 3 heteroatoms. The molecule has 0 aromatic heterocycles. The molecule has 0 N–H and O–H groups in total. The van der Waals surface area contributed by atoms with Gasteiger partial charge in [-0.15, -0.1) is 0 Å². The first kappa shape index (κ1) is 15.0. The molecule has 4 rings (SSSR count). The minimum absolute atomic E-state index is 0.464. The summed E-state index contributed by atoms with van der Waals surface area (Å²) in [5.41, 5.74) is 1.30. The average Bonchev–Trinajstić information content (AvgIpc) is 3.17. The van der Waals surface area contributed by atoms with Crippen LogP contribution >= 0.6 is 0 Å². The molecule has 2 aromatic rings. The molecule has 2 bridgehead atoms. The van der Waals surface area contributed by atoms with Gasteiger partial charge in [-0.2, -0.15) is 0 Å². The maximum absolute atomic E-state index is 6.19. The van der Waals surface area contributed by atoms with E-state index in [1.807, 2.05) is 0 Å². The van der Waals surface area contributed by atoms with E-state index < -0.39 is 0 Å². The van der Waals surface area contributed by atoms with Crippen molar-refractivity contribution in [3.63, 3.8) is 0 Å². The molecule has 2 fully saturated rings. The summed E-state index contributed by atoms with van der Waals surface area (Å²) in [7, 11) is 0. The van der Waals surface area contributed by atoms with Gasteiger partial charge in [-0.1, -0.05) is 38.1 Å². The van der Waals surface area contributed by atoms with Gasteiger partial charge in [0.15, 0.2) is 0 Å². The van der Waals surface area contributed by atoms with E-state index in [1.54, 1.807) is 0 Å². The zero-order valence-electron chi connectivity index (χ0n) is 14.0. The molecular formula is C20H25NO2. The first-order chi connectivity index (χ1) is 11.2. The minimum atomic E-state index is 0.464. The molecule has 0 aliphatic carbocycles. The van der Waals surface area contributed by atoms with Crippen LogP contribution in [0.2, 0.25) is 0 Å². The molecule has 3 nitrogen and oxygen atoms in total. The smallest absolute Gasteiger partial charge is 0.123 e. The van der Waals surface area contributed by atoms with Crippen molar-refractivity contribution in [1.82, 2.24) is 4.90 Å². The predicted molar refractivity (Wildman–Crippen MR) is 93.3 cm³/mol. The standard InChI is InChI=1S/C20H25NO2/c1-14(2)19-9-15-5-3-4-6-16(15)10-20(19)22-8-7-21-12-18-11-17(21)13-23-18/h3-6,9-10,14,17-18H,7-8,11-13H2,1-2H3/t17-,18-/m1/s1. The Bertz CT molecular complexity index is 697. The molecule has 2 heterocycles. The summed E-state index contributed by atoms with van der Waals surface area (Å²) < 4.78 is 11.9. The van der Waals surface area contributed by atoms with Gasteiger partial charge >= 0.3 is 0 Å². The van der Waals surface area contributed by atoms with Crippen LogP contribution in [-0.4, -0.2) is 43.3 Å². The number of fused-ring (bicyclic) bond motifs is 3. The van der Waals surface area contributed by atoms with Crippen LogP contribution in [0, 0.1) is 0 Å². The topological polar surface area (TPSA) is 21.7 Å². The van der Waals surface area contributed by atoms with Crippen LogP contribution in [0.3, 0.4) is 0 Å². The highest BCUT2D eigenvalue weighted by Gasteiger charge is 2.38. The second-order valence-corrected chi connectivity index (χ2v) is 7.08. The highest BCUT2D eigenvalue weighted by molar-refractivity contribution is 5.85. The van der Waals surface area contributed by atoms with E-state index in [2.05, 4.69) is 55.1 Å². The maximum Gasteiger partial charge on any atom is 0.123 e. The first-order valence-corrected chi connectivity index (χ1v) is 8.72. The number of benzene rings is 2. The number of hydrogen-bond donors (Lipinski definition) is 0. The zero-order chi connectivity index (χ0) is 15.8. The van der Waals surface area contributed by atoms with Crippen molar-refractivity contribution >= 4 is 10.8 Å². The van der Waals surface area contributed by atoms with E-state index in [4.69, 9.17) is 9.47 Å². The Labute approximate surface area is 138 Å². The van der Waals surface area contributed by atoms with Crippen molar-refractivity contribution in [2.45, 2.75) is 38.3 Å². The SMILES string of the molecule is CC(C)c1cc2ccccc2cc1OCCN1C[C@H]2C[C@@H]1CO2. The number of hydrogen-bond acceptors (Lipinski definition) is 3. The monoisotopic (exact) mass is 311 g/mol. The van der Waals surface area contributed by atoms with Gasteiger partial charge in [0.25, 0.3) is 0 Å². The van der Waals surface area contributed by atoms with Crippen LogP contribution in [-0.2, 0) is 4.74 Å². The van der Waals surface area contributed by atoms with E-state index in [9.17, 15) is 0 Å². The Hall–Kier alpha value is -1.58. The van der Waals surface area contributed by atoms with Crippen molar-refractivity contribution in [1.29, 1.82) is 0 Å². The molecule has 2 saturated heterocycles. The Morgan fingerprint density at radius 1 is 1.22 bits per heavy atom. The molecule has 122 valence electrons. The maximum atomic E-state index is 6.19. The van der Waals surface area contributed by atoms with Gasteiger partial charge in [0.2, 0.25) is 0 Å². The summed E-state index contributed by atoms with van der Waals surface area (Å²) in [6, 6.07) is 13.6. The van der Waals surface area contributed by atoms with Gasteiger partial charge in [0, 0.05) is 19.1 Å². The van der Waals surface area contributed by atoms with E-state index >= 15 is 0 Å². The molecule has 23 heavy (non-hydrogen) atoms. The lowest BCUT2D eigenvalue weighted by Crippen LogP contribution is -2.39. The summed E-state index contributed by atoms with van der Waals surface area (Å²) in [6.07, 6.45) is 1.67. The van der Waals surface area contributed by atoms with Gasteiger partial charge in [-0.25, -0.2) is 0 Å². The molecule has 0 amide bonds. The molecule has 2 aromatic carbocycles. The molecule has 2 aliphatic heterocycles. The summed E-state index contributed by atoms with van der Waals surface area (Å²) in [5, 5.41) is 2.54. The average molecular weight is 311 g/mol. The Balaban J connectivity index is 1.47. The fraction of sp³-hybridized carbons (Fsp3) is 0.500. The molecule has 0 saturated carbocycles. The van der Waals surface area contributed by atoms with Gasteiger partial charge in [-0.05, 0) is 40.8 Å². The third-order valence-electron chi connectivity index (χ3n) is 5.15. The summed E-state index contributed by atoms with van der Waals surface area (Å²) in [4.78, 5) is 2.52. The van der Waals surface area contributed by atoms with Crippen molar-refractivity contribution in [3.8, 4) is 5.75 Å². The number of ether oxygens (including phenoxy) is 2. The van der Waals surface area contributed by atoms with Crippen molar-refractivity contribution in [3.05, 3.63) is 42.0 Å². The van der Waals surface area contributed by atoms with Crippen LogP contribution in [0.4, 0.5) is 0 Å². The van der Waals surface area contributed by atoms with Crippen molar-refractivity contribution in [2.24, 2.45) is 0 Å². The van der Waals surface area contributed by atoms with Crippen molar-refractivity contribution in [2.75, 3.05) is 26.3 Å². The summed E-state index contributed by atoms with van der Waals surface area (Å²) in [6.45, 7) is 8.18. The fourth-order valence-electron chi connectivity index (χ4n) is 3.84. The van der Waals surface area contributed by atoms with Crippen LogP contribution in [0.15, 0.2) is 36.4 Å². The lowest BCUT2D eigenvalue weighted by atomic mass is 9.98. The van der Waals surface area contributed by atoms with E-state index in [0.717, 1.165) is 32.1 Å². The fourth-order valence-corrected chi connectivity index (χ4v) is 3.84. The second-order valence-electron chi connectivity index (χ2n) is 7.08. The van der Waals surface area contributed by atoms with Gasteiger partial charge in [-0.3, -0.25) is 4.90 Å².